The van der Waals surface area contributed by atoms with Crippen molar-refractivity contribution in [1.82, 2.24) is 0 Å². The minimum Gasteiger partial charge on any atom is -0.496 e. The van der Waals surface area contributed by atoms with Crippen LogP contribution in [0.3, 0.4) is 0 Å². The van der Waals surface area contributed by atoms with Crippen LogP contribution in [0.1, 0.15) is 10.4 Å². The van der Waals surface area contributed by atoms with Gasteiger partial charge in [0.05, 0.1) is 12.7 Å². The van der Waals surface area contributed by atoms with Crippen LogP contribution >= 0.6 is 23.2 Å². The van der Waals surface area contributed by atoms with Crippen LogP contribution < -0.4 is 4.74 Å². The highest BCUT2D eigenvalue weighted by Crippen LogP contribution is 2.35. The van der Waals surface area contributed by atoms with Crippen LogP contribution in [0.2, 0.25) is 10.0 Å². The maximum absolute atomic E-state index is 11.2. The molecule has 0 fully saturated rings. The molecule has 0 amide bonds. The van der Waals surface area contributed by atoms with Gasteiger partial charge >= 0.3 is 0 Å². The normalized spacial score (nSPS) is 10.2. The number of aldehydes is 1. The molecule has 2 rings (SSSR count). The van der Waals surface area contributed by atoms with Gasteiger partial charge in [0.1, 0.15) is 5.75 Å². The van der Waals surface area contributed by atoms with Crippen molar-refractivity contribution in [3.05, 3.63) is 52.0 Å². The molecule has 0 saturated carbocycles. The summed E-state index contributed by atoms with van der Waals surface area (Å²) >= 11 is 12.0. The van der Waals surface area contributed by atoms with Gasteiger partial charge in [-0.1, -0.05) is 41.4 Å². The summed E-state index contributed by atoms with van der Waals surface area (Å²) in [5.74, 6) is 0.522. The van der Waals surface area contributed by atoms with E-state index in [1.54, 1.807) is 24.3 Å². The summed E-state index contributed by atoms with van der Waals surface area (Å²) in [6, 6.07) is 10.5. The van der Waals surface area contributed by atoms with Crippen LogP contribution in [0.5, 0.6) is 5.75 Å². The zero-order valence-electron chi connectivity index (χ0n) is 9.61. The number of benzene rings is 2. The lowest BCUT2D eigenvalue weighted by Crippen LogP contribution is -1.94. The van der Waals surface area contributed by atoms with Crippen molar-refractivity contribution in [3.8, 4) is 16.9 Å². The van der Waals surface area contributed by atoms with E-state index < -0.39 is 0 Å². The van der Waals surface area contributed by atoms with Crippen molar-refractivity contribution in [1.29, 1.82) is 0 Å². The molecule has 0 heterocycles. The second-order valence-electron chi connectivity index (χ2n) is 3.66. The van der Waals surface area contributed by atoms with Crippen LogP contribution in [-0.2, 0) is 0 Å². The molecule has 0 saturated heterocycles. The summed E-state index contributed by atoms with van der Waals surface area (Å²) in [5, 5.41) is 1.05. The quantitative estimate of drug-likeness (QED) is 0.775. The smallest absolute Gasteiger partial charge is 0.154 e. The Bertz CT molecular complexity index is 594. The Hall–Kier alpha value is -1.51. The lowest BCUT2D eigenvalue weighted by atomic mass is 9.99. The zero-order chi connectivity index (χ0) is 13.1. The third-order valence-electron chi connectivity index (χ3n) is 2.63. The van der Waals surface area contributed by atoms with E-state index in [1.807, 2.05) is 12.1 Å². The van der Waals surface area contributed by atoms with Crippen molar-refractivity contribution < 1.29 is 9.53 Å². The second kappa shape index (κ2) is 5.42. The monoisotopic (exact) mass is 280 g/mol. The molecule has 0 radical (unpaired) electrons. The standard InChI is InChI=1S/C14H10Cl2O2/c1-18-14-4-2-3-10(12(14)8-17)11-6-5-9(15)7-13(11)16/h2-8H,1H3. The third-order valence-corrected chi connectivity index (χ3v) is 3.17. The highest BCUT2D eigenvalue weighted by Gasteiger charge is 2.12. The van der Waals surface area contributed by atoms with E-state index in [9.17, 15) is 4.79 Å². The lowest BCUT2D eigenvalue weighted by Gasteiger charge is -2.11. The first-order valence-electron chi connectivity index (χ1n) is 5.25. The number of methoxy groups -OCH3 is 1. The lowest BCUT2D eigenvalue weighted by molar-refractivity contribution is 0.112. The average Bonchev–Trinajstić information content (AvgIpc) is 2.37. The van der Waals surface area contributed by atoms with Crippen molar-refractivity contribution in [2.75, 3.05) is 7.11 Å². The van der Waals surface area contributed by atoms with Crippen LogP contribution in [0.25, 0.3) is 11.1 Å². The summed E-state index contributed by atoms with van der Waals surface area (Å²) in [6.07, 6.45) is 0.763. The molecular weight excluding hydrogens is 271 g/mol. The molecule has 18 heavy (non-hydrogen) atoms. The Morgan fingerprint density at radius 2 is 1.89 bits per heavy atom. The van der Waals surface area contributed by atoms with E-state index in [0.29, 0.717) is 21.4 Å². The summed E-state index contributed by atoms with van der Waals surface area (Å²) in [5.41, 5.74) is 1.96. The molecule has 0 bridgehead atoms. The van der Waals surface area contributed by atoms with Crippen LogP contribution in [0.15, 0.2) is 36.4 Å². The summed E-state index contributed by atoms with van der Waals surface area (Å²) in [6.45, 7) is 0. The molecule has 0 aliphatic heterocycles. The molecule has 0 unspecified atom stereocenters. The van der Waals surface area contributed by atoms with Gasteiger partial charge in [0.15, 0.2) is 6.29 Å². The van der Waals surface area contributed by atoms with Gasteiger partial charge in [0.25, 0.3) is 0 Å². The maximum atomic E-state index is 11.2. The Labute approximate surface area is 115 Å². The Balaban J connectivity index is 2.67. The molecule has 0 atom stereocenters. The number of carbonyl (C=O) groups is 1. The molecule has 0 aromatic heterocycles. The van der Waals surface area contributed by atoms with Gasteiger partial charge in [-0.25, -0.2) is 0 Å². The Kier molecular flexibility index (Phi) is 3.90. The molecule has 4 heteroatoms. The van der Waals surface area contributed by atoms with E-state index in [-0.39, 0.29) is 0 Å². The van der Waals surface area contributed by atoms with E-state index in [1.165, 1.54) is 7.11 Å². The Morgan fingerprint density at radius 3 is 2.50 bits per heavy atom. The number of hydrogen-bond donors (Lipinski definition) is 0. The fourth-order valence-corrected chi connectivity index (χ4v) is 2.30. The van der Waals surface area contributed by atoms with Gasteiger partial charge < -0.3 is 4.74 Å². The third kappa shape index (κ3) is 2.35. The highest BCUT2D eigenvalue weighted by atomic mass is 35.5. The number of carbonyl (C=O) groups excluding carboxylic acids is 1. The maximum Gasteiger partial charge on any atom is 0.154 e. The molecule has 0 aliphatic carbocycles. The first-order valence-corrected chi connectivity index (χ1v) is 6.00. The van der Waals surface area contributed by atoms with Crippen LogP contribution in [0.4, 0.5) is 0 Å². The van der Waals surface area contributed by atoms with Gasteiger partial charge in [-0.15, -0.1) is 0 Å². The van der Waals surface area contributed by atoms with Crippen molar-refractivity contribution >= 4 is 29.5 Å². The van der Waals surface area contributed by atoms with Crippen LogP contribution in [-0.4, -0.2) is 13.4 Å². The summed E-state index contributed by atoms with van der Waals surface area (Å²) in [4.78, 5) is 11.2. The Morgan fingerprint density at radius 1 is 1.11 bits per heavy atom. The van der Waals surface area contributed by atoms with Gasteiger partial charge in [-0.05, 0) is 23.8 Å². The van der Waals surface area contributed by atoms with E-state index in [2.05, 4.69) is 0 Å². The summed E-state index contributed by atoms with van der Waals surface area (Å²) < 4.78 is 5.16. The fourth-order valence-electron chi connectivity index (χ4n) is 1.79. The minimum absolute atomic E-state index is 0.476. The number of rotatable bonds is 3. The van der Waals surface area contributed by atoms with Gasteiger partial charge in [0.2, 0.25) is 0 Å². The van der Waals surface area contributed by atoms with Crippen molar-refractivity contribution in [2.45, 2.75) is 0 Å². The van der Waals surface area contributed by atoms with E-state index in [0.717, 1.165) is 17.4 Å². The molecule has 2 aromatic rings. The minimum atomic E-state index is 0.476. The molecule has 2 nitrogen and oxygen atoms in total. The van der Waals surface area contributed by atoms with Gasteiger partial charge in [-0.3, -0.25) is 4.79 Å². The van der Waals surface area contributed by atoms with Gasteiger partial charge in [-0.2, -0.15) is 0 Å². The fraction of sp³-hybridized carbons (Fsp3) is 0.0714. The van der Waals surface area contributed by atoms with Crippen molar-refractivity contribution in [2.24, 2.45) is 0 Å². The first kappa shape index (κ1) is 12.9. The van der Waals surface area contributed by atoms with E-state index >= 15 is 0 Å². The highest BCUT2D eigenvalue weighted by molar-refractivity contribution is 6.36. The summed E-state index contributed by atoms with van der Waals surface area (Å²) in [7, 11) is 1.52. The average molecular weight is 281 g/mol. The van der Waals surface area contributed by atoms with E-state index in [4.69, 9.17) is 27.9 Å². The van der Waals surface area contributed by atoms with Gasteiger partial charge in [0, 0.05) is 15.6 Å². The predicted octanol–water partition coefficient (Wildman–Crippen LogP) is 4.48. The number of ether oxygens (including phenoxy) is 1. The first-order chi connectivity index (χ1) is 8.67. The topological polar surface area (TPSA) is 26.3 Å². The molecule has 92 valence electrons. The SMILES string of the molecule is COc1cccc(-c2ccc(Cl)cc2Cl)c1C=O. The predicted molar refractivity (Wildman–Crippen MR) is 73.8 cm³/mol. The number of hydrogen-bond acceptors (Lipinski definition) is 2. The van der Waals surface area contributed by atoms with Crippen molar-refractivity contribution in [3.63, 3.8) is 0 Å². The molecule has 2 aromatic carbocycles. The zero-order valence-corrected chi connectivity index (χ0v) is 11.1. The molecular formula is C14H10Cl2O2. The molecule has 0 aliphatic rings. The molecule has 0 spiro atoms. The molecule has 0 N–H and O–H groups in total. The number of halogens is 2. The largest absolute Gasteiger partial charge is 0.496 e. The van der Waals surface area contributed by atoms with Crippen LogP contribution in [0, 0.1) is 0 Å². The second-order valence-corrected chi connectivity index (χ2v) is 4.51.